The number of benzene rings is 2. The van der Waals surface area contributed by atoms with E-state index in [1.165, 1.54) is 18.3 Å². The molecule has 138 valence electrons. The molecule has 0 fully saturated rings. The van der Waals surface area contributed by atoms with Gasteiger partial charge in [0.25, 0.3) is 5.56 Å². The molecule has 0 aliphatic carbocycles. The van der Waals surface area contributed by atoms with E-state index < -0.39 is 17.3 Å². The molecule has 0 atom stereocenters. The van der Waals surface area contributed by atoms with Crippen LogP contribution < -0.4 is 5.56 Å². The van der Waals surface area contributed by atoms with Gasteiger partial charge in [-0.1, -0.05) is 29.3 Å². The molecule has 1 heterocycles. The zero-order chi connectivity index (χ0) is 19.7. The summed E-state index contributed by atoms with van der Waals surface area (Å²) in [7, 11) is 0. The van der Waals surface area contributed by atoms with E-state index in [0.717, 1.165) is 16.2 Å². The largest absolute Gasteiger partial charge is 0.494 e. The van der Waals surface area contributed by atoms with Gasteiger partial charge in [-0.15, -0.1) is 0 Å². The highest BCUT2D eigenvalue weighted by Crippen LogP contribution is 2.25. The summed E-state index contributed by atoms with van der Waals surface area (Å²) in [5, 5.41) is 10.9. The fourth-order valence-corrected chi connectivity index (χ4v) is 3.00. The molecule has 0 unspecified atom stereocenters. The van der Waals surface area contributed by atoms with Gasteiger partial charge in [0, 0.05) is 11.2 Å². The molecule has 9 heteroatoms. The predicted molar refractivity (Wildman–Crippen MR) is 107 cm³/mol. The van der Waals surface area contributed by atoms with Crippen LogP contribution in [-0.2, 0) is 0 Å². The highest BCUT2D eigenvalue weighted by Gasteiger charge is 2.14. The summed E-state index contributed by atoms with van der Waals surface area (Å²) in [4.78, 5) is 18.9. The summed E-state index contributed by atoms with van der Waals surface area (Å²) in [6.45, 7) is 1.83. The van der Waals surface area contributed by atoms with Crippen molar-refractivity contribution in [1.29, 1.82) is 0 Å². The zero-order valence-electron chi connectivity index (χ0n) is 13.8. The Morgan fingerprint density at radius 3 is 2.70 bits per heavy atom. The Hall–Kier alpha value is -2.48. The van der Waals surface area contributed by atoms with Crippen molar-refractivity contribution >= 4 is 47.3 Å². The van der Waals surface area contributed by atoms with E-state index in [1.807, 2.05) is 6.92 Å². The molecule has 3 rings (SSSR count). The van der Waals surface area contributed by atoms with Crippen LogP contribution in [0.2, 0.25) is 10.0 Å². The number of aryl methyl sites for hydroxylation is 1. The second-order valence-corrected chi connectivity index (χ2v) is 6.85. The topological polar surface area (TPSA) is 70.4 Å². The van der Waals surface area contributed by atoms with Crippen LogP contribution in [0, 0.1) is 17.5 Å². The molecular weight excluding hydrogens is 412 g/mol. The number of hydrogen-bond acceptors (Lipinski definition) is 4. The van der Waals surface area contributed by atoms with Crippen molar-refractivity contribution < 1.29 is 9.50 Å². The Labute approximate surface area is 168 Å². The molecule has 5 nitrogen and oxygen atoms in total. The highest BCUT2D eigenvalue weighted by atomic mass is 35.5. The second kappa shape index (κ2) is 7.64. The van der Waals surface area contributed by atoms with Gasteiger partial charge >= 0.3 is 0 Å². The third-order valence-corrected chi connectivity index (χ3v) is 4.60. The van der Waals surface area contributed by atoms with Gasteiger partial charge in [-0.3, -0.25) is 19.3 Å². The molecule has 1 aromatic heterocycles. The van der Waals surface area contributed by atoms with Gasteiger partial charge in [0.05, 0.1) is 16.4 Å². The van der Waals surface area contributed by atoms with E-state index in [-0.39, 0.29) is 21.0 Å². The maximum Gasteiger partial charge on any atom is 0.264 e. The summed E-state index contributed by atoms with van der Waals surface area (Å²) in [5.74, 6) is -1.07. The Bertz CT molecular complexity index is 1190. The molecule has 27 heavy (non-hydrogen) atoms. The van der Waals surface area contributed by atoms with Crippen molar-refractivity contribution in [3.05, 3.63) is 78.5 Å². The van der Waals surface area contributed by atoms with Gasteiger partial charge in [-0.25, -0.2) is 4.39 Å². The molecule has 0 saturated carbocycles. The Balaban J connectivity index is 2.16. The van der Waals surface area contributed by atoms with Gasteiger partial charge in [0.1, 0.15) is 11.4 Å². The summed E-state index contributed by atoms with van der Waals surface area (Å²) in [5.41, 5.74) is 0.923. The number of aromatic hydroxyl groups is 1. The summed E-state index contributed by atoms with van der Waals surface area (Å²) in [6.07, 6.45) is 1.21. The third-order valence-electron chi connectivity index (χ3n) is 3.79. The van der Waals surface area contributed by atoms with Crippen molar-refractivity contribution in [1.82, 2.24) is 9.55 Å². The van der Waals surface area contributed by atoms with E-state index in [4.69, 9.17) is 35.4 Å². The maximum absolute atomic E-state index is 13.4. The average molecular weight is 424 g/mol. The average Bonchev–Trinajstić information content (AvgIpc) is 2.60. The number of rotatable bonds is 3. The second-order valence-electron chi connectivity index (χ2n) is 5.62. The van der Waals surface area contributed by atoms with Gasteiger partial charge in [-0.2, -0.15) is 0 Å². The highest BCUT2D eigenvalue weighted by molar-refractivity contribution is 7.71. The van der Waals surface area contributed by atoms with Crippen molar-refractivity contribution in [2.75, 3.05) is 0 Å². The number of aromatic amines is 1. The minimum atomic E-state index is -0.620. The van der Waals surface area contributed by atoms with Gasteiger partial charge < -0.3 is 5.11 Å². The number of hydrogen-bond donors (Lipinski definition) is 2. The number of halogens is 3. The van der Waals surface area contributed by atoms with Crippen LogP contribution in [0.15, 0.2) is 46.2 Å². The molecule has 0 aliphatic heterocycles. The first-order valence-corrected chi connectivity index (χ1v) is 8.78. The van der Waals surface area contributed by atoms with Crippen molar-refractivity contribution in [2.45, 2.75) is 6.92 Å². The van der Waals surface area contributed by atoms with E-state index in [2.05, 4.69) is 9.98 Å². The molecule has 0 amide bonds. The van der Waals surface area contributed by atoms with Gasteiger partial charge in [0.15, 0.2) is 4.77 Å². The van der Waals surface area contributed by atoms with Crippen LogP contribution in [0.5, 0.6) is 5.88 Å². The Morgan fingerprint density at radius 2 is 2.00 bits per heavy atom. The SMILES string of the molecule is Cc1ccc(Cl)cc1N=Cc1c(O)n(-c2ccc(F)c(Cl)c2)c(=S)[nH]c1=O. The number of aromatic nitrogens is 2. The minimum Gasteiger partial charge on any atom is -0.494 e. The lowest BCUT2D eigenvalue weighted by Crippen LogP contribution is -2.18. The molecular formula is C18H12Cl2FN3O2S. The van der Waals surface area contributed by atoms with E-state index >= 15 is 0 Å². The number of H-pyrrole nitrogens is 1. The van der Waals surface area contributed by atoms with Crippen molar-refractivity contribution in [3.63, 3.8) is 0 Å². The monoisotopic (exact) mass is 423 g/mol. The molecule has 2 N–H and O–H groups in total. The van der Waals surface area contributed by atoms with Crippen LogP contribution in [-0.4, -0.2) is 20.9 Å². The van der Waals surface area contributed by atoms with E-state index in [9.17, 15) is 14.3 Å². The van der Waals surface area contributed by atoms with Crippen molar-refractivity contribution in [2.24, 2.45) is 4.99 Å². The van der Waals surface area contributed by atoms with Crippen LogP contribution in [0.1, 0.15) is 11.1 Å². The number of nitrogens with one attached hydrogen (secondary N) is 1. The van der Waals surface area contributed by atoms with Crippen molar-refractivity contribution in [3.8, 4) is 11.6 Å². The van der Waals surface area contributed by atoms with Gasteiger partial charge in [-0.05, 0) is 55.0 Å². The van der Waals surface area contributed by atoms with Crippen LogP contribution in [0.25, 0.3) is 5.69 Å². The summed E-state index contributed by atoms with van der Waals surface area (Å²) in [6, 6.07) is 8.93. The van der Waals surface area contributed by atoms with E-state index in [0.29, 0.717) is 10.7 Å². The normalized spacial score (nSPS) is 11.3. The maximum atomic E-state index is 13.4. The lowest BCUT2D eigenvalue weighted by molar-refractivity contribution is 0.432. The standard InChI is InChI=1S/C18H12Cl2FN3O2S/c1-9-2-3-10(19)6-15(9)22-8-12-16(25)23-18(27)24(17(12)26)11-4-5-14(21)13(20)7-11/h2-8,26H,1H3,(H,23,25,27). The number of nitrogens with zero attached hydrogens (tertiary/aromatic N) is 2. The zero-order valence-corrected chi connectivity index (χ0v) is 16.2. The first-order chi connectivity index (χ1) is 12.8. The third kappa shape index (κ3) is 3.95. The van der Waals surface area contributed by atoms with Crippen LogP contribution in [0.4, 0.5) is 10.1 Å². The molecule has 0 radical (unpaired) electrons. The first kappa shape index (κ1) is 19.3. The lowest BCUT2D eigenvalue weighted by atomic mass is 10.2. The Kier molecular flexibility index (Phi) is 5.46. The molecule has 2 aromatic carbocycles. The summed E-state index contributed by atoms with van der Waals surface area (Å²) < 4.78 is 14.5. The molecule has 3 aromatic rings. The smallest absolute Gasteiger partial charge is 0.264 e. The fraction of sp³-hybridized carbons (Fsp3) is 0.0556. The molecule has 0 aliphatic rings. The molecule has 0 spiro atoms. The quantitative estimate of drug-likeness (QED) is 0.454. The first-order valence-electron chi connectivity index (χ1n) is 7.62. The predicted octanol–water partition coefficient (Wildman–Crippen LogP) is 5.11. The molecule has 0 saturated heterocycles. The van der Waals surface area contributed by atoms with Crippen LogP contribution >= 0.6 is 35.4 Å². The van der Waals surface area contributed by atoms with Crippen LogP contribution in [0.3, 0.4) is 0 Å². The fourth-order valence-electron chi connectivity index (χ4n) is 2.37. The lowest BCUT2D eigenvalue weighted by Gasteiger charge is -2.11. The minimum absolute atomic E-state index is 0.0729. The summed E-state index contributed by atoms with van der Waals surface area (Å²) >= 11 is 16.9. The molecule has 0 bridgehead atoms. The Morgan fingerprint density at radius 1 is 1.26 bits per heavy atom. The van der Waals surface area contributed by atoms with E-state index in [1.54, 1.807) is 18.2 Å². The van der Waals surface area contributed by atoms with Gasteiger partial charge in [0.2, 0.25) is 5.88 Å². The number of aliphatic imine (C=N–C) groups is 1.